The number of unbranched alkanes of at least 4 members (excludes halogenated alkanes) is 1. The summed E-state index contributed by atoms with van der Waals surface area (Å²) in [7, 11) is 0. The summed E-state index contributed by atoms with van der Waals surface area (Å²) in [6.07, 6.45) is 3.53. The molecule has 0 aromatic carbocycles. The zero-order valence-corrected chi connectivity index (χ0v) is 10.8. The van der Waals surface area contributed by atoms with E-state index in [4.69, 9.17) is 5.53 Å². The third kappa shape index (κ3) is 4.08. The molecule has 0 amide bonds. The Morgan fingerprint density at radius 3 is 2.82 bits per heavy atom. The predicted octanol–water partition coefficient (Wildman–Crippen LogP) is 4.36. The molecule has 1 rings (SSSR count). The number of hydrogen-bond donors (Lipinski definition) is 0. The number of hydrogen-bond acceptors (Lipinski definition) is 2. The molecule has 0 unspecified atom stereocenters. The van der Waals surface area contributed by atoms with Crippen LogP contribution in [0.1, 0.15) is 51.4 Å². The molecule has 0 N–H and O–H groups in total. The molecule has 0 fully saturated rings. The molecule has 0 aliphatic carbocycles. The van der Waals surface area contributed by atoms with Gasteiger partial charge in [-0.15, -0.1) is 0 Å². The normalized spacial score (nSPS) is 11.0. The second kappa shape index (κ2) is 6.26. The molecule has 92 valence electrons. The van der Waals surface area contributed by atoms with Crippen molar-refractivity contribution in [2.75, 3.05) is 0 Å². The molecule has 0 radical (unpaired) electrons. The Balaban J connectivity index is 2.85. The highest BCUT2D eigenvalue weighted by Gasteiger charge is 2.21. The smallest absolute Gasteiger partial charge is 0.0684 e. The summed E-state index contributed by atoms with van der Waals surface area (Å²) in [5.74, 6) is 0. The van der Waals surface area contributed by atoms with E-state index in [1.54, 1.807) is 0 Å². The summed E-state index contributed by atoms with van der Waals surface area (Å²) >= 11 is 0. The van der Waals surface area contributed by atoms with Crippen LogP contribution >= 0.6 is 0 Å². The lowest BCUT2D eigenvalue weighted by molar-refractivity contribution is 0.444. The van der Waals surface area contributed by atoms with Crippen LogP contribution in [0.25, 0.3) is 10.4 Å². The Bertz CT molecular complexity index is 406. The van der Waals surface area contributed by atoms with Crippen molar-refractivity contribution in [3.8, 4) is 0 Å². The summed E-state index contributed by atoms with van der Waals surface area (Å²) in [5, 5.41) is 3.55. The molecule has 0 bridgehead atoms. The zero-order valence-electron chi connectivity index (χ0n) is 10.8. The van der Waals surface area contributed by atoms with Crippen LogP contribution in [0.4, 0.5) is 0 Å². The van der Waals surface area contributed by atoms with Crippen molar-refractivity contribution in [3.63, 3.8) is 0 Å². The first kappa shape index (κ1) is 13.5. The minimum absolute atomic E-state index is 0.0857. The molecule has 17 heavy (non-hydrogen) atoms. The monoisotopic (exact) mass is 232 g/mol. The van der Waals surface area contributed by atoms with Gasteiger partial charge in [-0.3, -0.25) is 4.98 Å². The molecule has 1 aromatic heterocycles. The predicted molar refractivity (Wildman–Crippen MR) is 69.6 cm³/mol. The van der Waals surface area contributed by atoms with Gasteiger partial charge in [0.05, 0.1) is 6.54 Å². The largest absolute Gasteiger partial charge is 0.257 e. The minimum Gasteiger partial charge on any atom is -0.257 e. The van der Waals surface area contributed by atoms with Gasteiger partial charge in [0, 0.05) is 21.7 Å². The Labute approximate surface area is 103 Å². The minimum atomic E-state index is 0.0857. The van der Waals surface area contributed by atoms with Crippen LogP contribution < -0.4 is 0 Å². The average Bonchev–Trinajstić information content (AvgIpc) is 2.34. The third-order valence-corrected chi connectivity index (χ3v) is 2.95. The Morgan fingerprint density at radius 2 is 2.18 bits per heavy atom. The van der Waals surface area contributed by atoms with Crippen molar-refractivity contribution < 1.29 is 0 Å². The standard InChI is InChI=1S/C13H20N4/c1-4-5-9-13(2,3)12-8-6-7-11(16-12)10-15-17-14/h6-8H,4-5,9-10H2,1-3H3. The van der Waals surface area contributed by atoms with Crippen LogP contribution in [0, 0.1) is 0 Å². The lowest BCUT2D eigenvalue weighted by Gasteiger charge is -2.24. The molecule has 0 atom stereocenters. The van der Waals surface area contributed by atoms with E-state index in [2.05, 4.69) is 41.8 Å². The highest BCUT2D eigenvalue weighted by atomic mass is 15.1. The van der Waals surface area contributed by atoms with Crippen molar-refractivity contribution in [3.05, 3.63) is 40.0 Å². The maximum absolute atomic E-state index is 8.30. The van der Waals surface area contributed by atoms with Crippen LogP contribution in [0.15, 0.2) is 23.3 Å². The van der Waals surface area contributed by atoms with E-state index in [1.165, 1.54) is 12.8 Å². The van der Waals surface area contributed by atoms with Gasteiger partial charge in [-0.2, -0.15) is 0 Å². The second-order valence-corrected chi connectivity index (χ2v) is 4.89. The van der Waals surface area contributed by atoms with Crippen LogP contribution in [0.2, 0.25) is 0 Å². The fourth-order valence-electron chi connectivity index (χ4n) is 1.80. The first-order valence-electron chi connectivity index (χ1n) is 6.07. The quantitative estimate of drug-likeness (QED) is 0.408. The van der Waals surface area contributed by atoms with Gasteiger partial charge >= 0.3 is 0 Å². The summed E-state index contributed by atoms with van der Waals surface area (Å²) in [6.45, 7) is 6.94. The van der Waals surface area contributed by atoms with Crippen molar-refractivity contribution in [1.82, 2.24) is 4.98 Å². The molecular formula is C13H20N4. The number of azide groups is 1. The first-order chi connectivity index (χ1) is 8.10. The zero-order chi connectivity index (χ0) is 12.7. The molecule has 0 saturated heterocycles. The fraction of sp³-hybridized carbons (Fsp3) is 0.615. The average molecular weight is 232 g/mol. The van der Waals surface area contributed by atoms with E-state index in [9.17, 15) is 0 Å². The SMILES string of the molecule is CCCCC(C)(C)c1cccc(CN=[N+]=[N-])n1. The van der Waals surface area contributed by atoms with E-state index < -0.39 is 0 Å². The molecule has 1 heterocycles. The molecule has 0 spiro atoms. The summed E-state index contributed by atoms with van der Waals surface area (Å²) < 4.78 is 0. The Kier molecular flexibility index (Phi) is 4.98. The Hall–Kier alpha value is -1.54. The molecular weight excluding hydrogens is 212 g/mol. The number of aromatic nitrogens is 1. The topological polar surface area (TPSA) is 61.7 Å². The van der Waals surface area contributed by atoms with Crippen LogP contribution in [0.3, 0.4) is 0 Å². The second-order valence-electron chi connectivity index (χ2n) is 4.89. The summed E-state index contributed by atoms with van der Waals surface area (Å²) in [4.78, 5) is 7.33. The maximum Gasteiger partial charge on any atom is 0.0684 e. The van der Waals surface area contributed by atoms with Crippen LogP contribution in [-0.4, -0.2) is 4.98 Å². The summed E-state index contributed by atoms with van der Waals surface area (Å²) in [5.41, 5.74) is 10.3. The van der Waals surface area contributed by atoms with Gasteiger partial charge in [0.1, 0.15) is 0 Å². The van der Waals surface area contributed by atoms with Gasteiger partial charge < -0.3 is 0 Å². The Morgan fingerprint density at radius 1 is 1.41 bits per heavy atom. The first-order valence-corrected chi connectivity index (χ1v) is 6.07. The lowest BCUT2D eigenvalue weighted by Crippen LogP contribution is -2.19. The van der Waals surface area contributed by atoms with Crippen molar-refractivity contribution in [2.24, 2.45) is 5.11 Å². The number of nitrogens with zero attached hydrogens (tertiary/aromatic N) is 4. The van der Waals surface area contributed by atoms with E-state index in [-0.39, 0.29) is 5.41 Å². The lowest BCUT2D eigenvalue weighted by atomic mass is 9.83. The highest BCUT2D eigenvalue weighted by Crippen LogP contribution is 2.27. The van der Waals surface area contributed by atoms with Gasteiger partial charge in [0.2, 0.25) is 0 Å². The van der Waals surface area contributed by atoms with Gasteiger partial charge in [-0.1, -0.05) is 44.8 Å². The van der Waals surface area contributed by atoms with E-state index in [0.717, 1.165) is 17.8 Å². The van der Waals surface area contributed by atoms with Crippen molar-refractivity contribution in [2.45, 2.75) is 52.0 Å². The maximum atomic E-state index is 8.30. The van der Waals surface area contributed by atoms with Crippen molar-refractivity contribution >= 4 is 0 Å². The molecule has 4 nitrogen and oxygen atoms in total. The molecule has 0 saturated carbocycles. The molecule has 0 aliphatic heterocycles. The third-order valence-electron chi connectivity index (χ3n) is 2.95. The molecule has 1 aromatic rings. The van der Waals surface area contributed by atoms with E-state index in [1.807, 2.05) is 12.1 Å². The van der Waals surface area contributed by atoms with Crippen LogP contribution in [0.5, 0.6) is 0 Å². The van der Waals surface area contributed by atoms with Gasteiger partial charge in [-0.25, -0.2) is 0 Å². The van der Waals surface area contributed by atoms with Gasteiger partial charge in [-0.05, 0) is 24.1 Å². The van der Waals surface area contributed by atoms with Gasteiger partial charge in [0.15, 0.2) is 0 Å². The summed E-state index contributed by atoms with van der Waals surface area (Å²) in [6, 6.07) is 5.93. The van der Waals surface area contributed by atoms with Gasteiger partial charge in [0.25, 0.3) is 0 Å². The van der Waals surface area contributed by atoms with E-state index in [0.29, 0.717) is 6.54 Å². The van der Waals surface area contributed by atoms with Crippen molar-refractivity contribution in [1.29, 1.82) is 0 Å². The highest BCUT2D eigenvalue weighted by molar-refractivity contribution is 5.18. The molecule has 0 aliphatic rings. The molecule has 4 heteroatoms. The van der Waals surface area contributed by atoms with E-state index >= 15 is 0 Å². The fourth-order valence-corrected chi connectivity index (χ4v) is 1.80. The van der Waals surface area contributed by atoms with Crippen LogP contribution in [-0.2, 0) is 12.0 Å². The number of rotatable bonds is 6. The number of pyridine rings is 1.